The van der Waals surface area contributed by atoms with Crippen molar-refractivity contribution in [2.24, 2.45) is 0 Å². The Morgan fingerprint density at radius 1 is 1.20 bits per heavy atom. The fourth-order valence-electron chi connectivity index (χ4n) is 3.07. The molecule has 0 saturated carbocycles. The number of benzene rings is 2. The van der Waals surface area contributed by atoms with E-state index in [-0.39, 0.29) is 24.7 Å². The zero-order valence-electron chi connectivity index (χ0n) is 17.7. The van der Waals surface area contributed by atoms with E-state index in [0.717, 1.165) is 5.56 Å². The molecule has 7 nitrogen and oxygen atoms in total. The highest BCUT2D eigenvalue weighted by molar-refractivity contribution is 5.75. The number of hydrogen-bond donors (Lipinski definition) is 0. The SMILES string of the molecule is CCN(Cc1ccc(OC)c(F)c1)C(=O)Cn1nnc(-c2ccc(C(C)C)cc2)n1. The Labute approximate surface area is 175 Å². The molecule has 1 heterocycles. The van der Waals surface area contributed by atoms with Crippen LogP contribution in [0.3, 0.4) is 0 Å². The van der Waals surface area contributed by atoms with Crippen LogP contribution in [-0.4, -0.2) is 44.7 Å². The Hall–Kier alpha value is -3.29. The highest BCUT2D eigenvalue weighted by Crippen LogP contribution is 2.20. The first-order chi connectivity index (χ1) is 14.4. The van der Waals surface area contributed by atoms with Gasteiger partial charge in [-0.15, -0.1) is 10.2 Å². The van der Waals surface area contributed by atoms with E-state index in [0.29, 0.717) is 23.9 Å². The molecule has 0 aliphatic rings. The first-order valence-corrected chi connectivity index (χ1v) is 9.89. The minimum absolute atomic E-state index is 0.0381. The van der Waals surface area contributed by atoms with Crippen LogP contribution in [0.15, 0.2) is 42.5 Å². The molecule has 0 spiro atoms. The van der Waals surface area contributed by atoms with Gasteiger partial charge >= 0.3 is 0 Å². The van der Waals surface area contributed by atoms with Gasteiger partial charge in [0.1, 0.15) is 6.54 Å². The average Bonchev–Trinajstić information content (AvgIpc) is 3.20. The predicted octanol–water partition coefficient (Wildman–Crippen LogP) is 3.66. The Balaban J connectivity index is 1.66. The van der Waals surface area contributed by atoms with Gasteiger partial charge in [0.15, 0.2) is 11.6 Å². The van der Waals surface area contributed by atoms with Gasteiger partial charge in [0.2, 0.25) is 11.7 Å². The van der Waals surface area contributed by atoms with Gasteiger partial charge in [-0.1, -0.05) is 44.2 Å². The van der Waals surface area contributed by atoms with Crippen molar-refractivity contribution in [2.75, 3.05) is 13.7 Å². The van der Waals surface area contributed by atoms with Gasteiger partial charge in [0.25, 0.3) is 0 Å². The molecule has 0 atom stereocenters. The number of carbonyl (C=O) groups excluding carboxylic acids is 1. The fraction of sp³-hybridized carbons (Fsp3) is 0.364. The summed E-state index contributed by atoms with van der Waals surface area (Å²) in [6.07, 6.45) is 0. The molecule has 158 valence electrons. The molecular formula is C22H26FN5O2. The van der Waals surface area contributed by atoms with E-state index in [1.54, 1.807) is 17.0 Å². The van der Waals surface area contributed by atoms with Crippen molar-refractivity contribution in [2.45, 2.75) is 39.8 Å². The van der Waals surface area contributed by atoms with Crippen molar-refractivity contribution in [1.82, 2.24) is 25.1 Å². The molecule has 0 fully saturated rings. The first-order valence-electron chi connectivity index (χ1n) is 9.89. The third-order valence-corrected chi connectivity index (χ3v) is 4.89. The second-order valence-electron chi connectivity index (χ2n) is 7.30. The summed E-state index contributed by atoms with van der Waals surface area (Å²) in [6.45, 7) is 6.86. The monoisotopic (exact) mass is 411 g/mol. The molecule has 0 radical (unpaired) electrons. The molecule has 0 aliphatic heterocycles. The fourth-order valence-corrected chi connectivity index (χ4v) is 3.07. The summed E-state index contributed by atoms with van der Waals surface area (Å²) in [5.41, 5.74) is 2.76. The van der Waals surface area contributed by atoms with Crippen molar-refractivity contribution >= 4 is 5.91 Å². The van der Waals surface area contributed by atoms with Crippen LogP contribution in [-0.2, 0) is 17.9 Å². The van der Waals surface area contributed by atoms with Crippen LogP contribution in [0, 0.1) is 5.82 Å². The Morgan fingerprint density at radius 3 is 2.53 bits per heavy atom. The molecule has 8 heteroatoms. The number of rotatable bonds is 8. The summed E-state index contributed by atoms with van der Waals surface area (Å²) in [5.74, 6) is 0.462. The van der Waals surface area contributed by atoms with E-state index in [4.69, 9.17) is 4.74 Å². The Morgan fingerprint density at radius 2 is 1.93 bits per heavy atom. The smallest absolute Gasteiger partial charge is 0.246 e. The number of carbonyl (C=O) groups is 1. The highest BCUT2D eigenvalue weighted by Gasteiger charge is 2.16. The summed E-state index contributed by atoms with van der Waals surface area (Å²) >= 11 is 0. The quantitative estimate of drug-likeness (QED) is 0.566. The number of amides is 1. The van der Waals surface area contributed by atoms with Crippen molar-refractivity contribution in [3.05, 3.63) is 59.4 Å². The third kappa shape index (κ3) is 5.00. The maximum Gasteiger partial charge on any atom is 0.246 e. The van der Waals surface area contributed by atoms with Crippen molar-refractivity contribution in [3.8, 4) is 17.1 Å². The molecule has 3 aromatic rings. The van der Waals surface area contributed by atoms with E-state index in [2.05, 4.69) is 29.3 Å². The molecule has 3 rings (SSSR count). The number of tetrazole rings is 1. The number of halogens is 1. The minimum atomic E-state index is -0.454. The largest absolute Gasteiger partial charge is 0.494 e. The summed E-state index contributed by atoms with van der Waals surface area (Å²) < 4.78 is 18.9. The average molecular weight is 411 g/mol. The van der Waals surface area contributed by atoms with Crippen LogP contribution < -0.4 is 4.74 Å². The van der Waals surface area contributed by atoms with Gasteiger partial charge in [-0.2, -0.15) is 4.80 Å². The number of likely N-dealkylation sites (N-methyl/N-ethyl adjacent to an activating group) is 1. The molecule has 2 aromatic carbocycles. The van der Waals surface area contributed by atoms with Gasteiger partial charge in [-0.25, -0.2) is 4.39 Å². The molecule has 0 aliphatic carbocycles. The van der Waals surface area contributed by atoms with Gasteiger partial charge in [0, 0.05) is 18.7 Å². The van der Waals surface area contributed by atoms with Gasteiger partial charge in [0.05, 0.1) is 7.11 Å². The second-order valence-corrected chi connectivity index (χ2v) is 7.30. The molecule has 0 unspecified atom stereocenters. The Bertz CT molecular complexity index is 1000. The van der Waals surface area contributed by atoms with E-state index >= 15 is 0 Å². The van der Waals surface area contributed by atoms with Crippen LogP contribution in [0.5, 0.6) is 5.75 Å². The number of nitrogens with zero attached hydrogens (tertiary/aromatic N) is 5. The molecule has 1 amide bonds. The summed E-state index contributed by atoms with van der Waals surface area (Å²) in [7, 11) is 1.41. The van der Waals surface area contributed by atoms with E-state index < -0.39 is 5.82 Å². The van der Waals surface area contributed by atoms with E-state index in [1.165, 1.54) is 23.5 Å². The lowest BCUT2D eigenvalue weighted by atomic mass is 10.0. The third-order valence-electron chi connectivity index (χ3n) is 4.89. The lowest BCUT2D eigenvalue weighted by Crippen LogP contribution is -2.33. The van der Waals surface area contributed by atoms with Crippen LogP contribution in [0.1, 0.15) is 37.8 Å². The van der Waals surface area contributed by atoms with Gasteiger partial charge < -0.3 is 9.64 Å². The molecular weight excluding hydrogens is 385 g/mol. The summed E-state index contributed by atoms with van der Waals surface area (Å²) in [6, 6.07) is 12.7. The number of hydrogen-bond acceptors (Lipinski definition) is 5. The molecule has 30 heavy (non-hydrogen) atoms. The van der Waals surface area contributed by atoms with E-state index in [9.17, 15) is 9.18 Å². The highest BCUT2D eigenvalue weighted by atomic mass is 19.1. The van der Waals surface area contributed by atoms with Crippen molar-refractivity contribution in [3.63, 3.8) is 0 Å². The lowest BCUT2D eigenvalue weighted by Gasteiger charge is -2.20. The number of aromatic nitrogens is 4. The number of methoxy groups -OCH3 is 1. The predicted molar refractivity (Wildman–Crippen MR) is 111 cm³/mol. The molecule has 0 saturated heterocycles. The zero-order chi connectivity index (χ0) is 21.7. The topological polar surface area (TPSA) is 73.1 Å². The Kier molecular flexibility index (Phi) is 6.76. The summed E-state index contributed by atoms with van der Waals surface area (Å²) in [4.78, 5) is 15.6. The molecule has 0 bridgehead atoms. The summed E-state index contributed by atoms with van der Waals surface area (Å²) in [5, 5.41) is 12.4. The maximum atomic E-state index is 13.9. The lowest BCUT2D eigenvalue weighted by molar-refractivity contribution is -0.132. The van der Waals surface area contributed by atoms with Crippen molar-refractivity contribution in [1.29, 1.82) is 0 Å². The van der Waals surface area contributed by atoms with Crippen LogP contribution in [0.2, 0.25) is 0 Å². The van der Waals surface area contributed by atoms with Gasteiger partial charge in [-0.3, -0.25) is 4.79 Å². The van der Waals surface area contributed by atoms with E-state index in [1.807, 2.05) is 31.2 Å². The normalized spacial score (nSPS) is 11.0. The van der Waals surface area contributed by atoms with Crippen LogP contribution in [0.25, 0.3) is 11.4 Å². The maximum absolute atomic E-state index is 13.9. The first kappa shape index (κ1) is 21.4. The second kappa shape index (κ2) is 9.47. The number of ether oxygens (including phenoxy) is 1. The standard InChI is InChI=1S/C22H26FN5O2/c1-5-27(13-16-6-11-20(30-4)19(23)12-16)21(29)14-28-25-22(24-26-28)18-9-7-17(8-10-18)15(2)3/h6-12,15H,5,13-14H2,1-4H3. The van der Waals surface area contributed by atoms with Crippen molar-refractivity contribution < 1.29 is 13.9 Å². The minimum Gasteiger partial charge on any atom is -0.494 e. The van der Waals surface area contributed by atoms with Crippen LogP contribution >= 0.6 is 0 Å². The molecule has 1 aromatic heterocycles. The van der Waals surface area contributed by atoms with Gasteiger partial charge in [-0.05, 0) is 41.3 Å². The van der Waals surface area contributed by atoms with Crippen LogP contribution in [0.4, 0.5) is 4.39 Å². The molecule has 0 N–H and O–H groups in total. The zero-order valence-corrected chi connectivity index (χ0v) is 17.7.